The van der Waals surface area contributed by atoms with Crippen LogP contribution in [0.2, 0.25) is 0 Å². The molecule has 0 saturated carbocycles. The van der Waals surface area contributed by atoms with E-state index < -0.39 is 27.1 Å². The molecule has 3 rings (SSSR count). The van der Waals surface area contributed by atoms with E-state index in [1.54, 1.807) is 12.2 Å². The molecular formula is C15H13F3N2O2S2. The Labute approximate surface area is 141 Å². The van der Waals surface area contributed by atoms with Crippen LogP contribution in [-0.4, -0.2) is 38.2 Å². The number of benzene rings is 1. The van der Waals surface area contributed by atoms with Gasteiger partial charge in [0.2, 0.25) is 0 Å². The van der Waals surface area contributed by atoms with Gasteiger partial charge < -0.3 is 0 Å². The molecule has 0 aliphatic carbocycles. The Hall–Kier alpha value is -1.61. The van der Waals surface area contributed by atoms with Gasteiger partial charge in [-0.15, -0.1) is 11.8 Å². The van der Waals surface area contributed by atoms with Crippen molar-refractivity contribution in [2.75, 3.05) is 18.6 Å². The normalized spacial score (nSPS) is 23.8. The van der Waals surface area contributed by atoms with Crippen molar-refractivity contribution >= 4 is 32.9 Å². The average Bonchev–Trinajstić information content (AvgIpc) is 3.17. The van der Waals surface area contributed by atoms with E-state index in [0.29, 0.717) is 23.4 Å². The molecule has 0 aromatic heterocycles. The third kappa shape index (κ3) is 2.90. The smallest absolute Gasteiger partial charge is 0.279 e. The van der Waals surface area contributed by atoms with Gasteiger partial charge in [-0.2, -0.15) is 13.2 Å². The molecule has 9 heteroatoms. The molecule has 0 fully saturated rings. The average molecular weight is 374 g/mol. The van der Waals surface area contributed by atoms with Crippen LogP contribution >= 0.6 is 11.8 Å². The van der Waals surface area contributed by atoms with Gasteiger partial charge in [-0.25, -0.2) is 8.42 Å². The number of alkyl halides is 3. The molecule has 0 bridgehead atoms. The minimum atomic E-state index is -4.71. The van der Waals surface area contributed by atoms with Crippen molar-refractivity contribution in [3.05, 3.63) is 41.5 Å². The summed E-state index contributed by atoms with van der Waals surface area (Å²) < 4.78 is 64.1. The Bertz CT molecular complexity index is 859. The molecule has 2 heterocycles. The zero-order chi connectivity index (χ0) is 17.6. The maximum Gasteiger partial charge on any atom is 0.416 e. The number of hydrogen-bond donors (Lipinski definition) is 0. The predicted molar refractivity (Wildman–Crippen MR) is 88.6 cm³/mol. The second kappa shape index (κ2) is 5.73. The van der Waals surface area contributed by atoms with Crippen LogP contribution in [0.5, 0.6) is 0 Å². The zero-order valence-electron chi connectivity index (χ0n) is 12.5. The van der Waals surface area contributed by atoms with Gasteiger partial charge in [-0.3, -0.25) is 9.98 Å². The highest BCUT2D eigenvalue weighted by molar-refractivity contribution is 8.14. The lowest BCUT2D eigenvalue weighted by Crippen LogP contribution is -2.31. The number of nitrogens with zero attached hydrogens (tertiary/aromatic N) is 2. The topological polar surface area (TPSA) is 58.9 Å². The largest absolute Gasteiger partial charge is 0.416 e. The fraction of sp³-hybridized carbons (Fsp3) is 0.333. The summed E-state index contributed by atoms with van der Waals surface area (Å²) in [4.78, 5) is 8.16. The Morgan fingerprint density at radius 2 is 2.04 bits per heavy atom. The summed E-state index contributed by atoms with van der Waals surface area (Å²) in [6.07, 6.45) is 0.744. The van der Waals surface area contributed by atoms with Crippen molar-refractivity contribution in [1.82, 2.24) is 0 Å². The van der Waals surface area contributed by atoms with E-state index in [9.17, 15) is 21.6 Å². The number of halogens is 3. The lowest BCUT2D eigenvalue weighted by molar-refractivity contribution is -0.138. The summed E-state index contributed by atoms with van der Waals surface area (Å²) in [6, 6.07) is 3.05. The van der Waals surface area contributed by atoms with E-state index in [4.69, 9.17) is 0 Å². The van der Waals surface area contributed by atoms with Crippen LogP contribution in [0.25, 0.3) is 0 Å². The monoisotopic (exact) mass is 374 g/mol. The molecule has 4 nitrogen and oxygen atoms in total. The first kappa shape index (κ1) is 17.2. The predicted octanol–water partition coefficient (Wildman–Crippen LogP) is 3.09. The summed E-state index contributed by atoms with van der Waals surface area (Å²) in [5, 5.41) is 0.491. The van der Waals surface area contributed by atoms with Gasteiger partial charge in [0, 0.05) is 30.3 Å². The Balaban J connectivity index is 2.27. The van der Waals surface area contributed by atoms with Gasteiger partial charge in [-0.1, -0.05) is 6.07 Å². The van der Waals surface area contributed by atoms with E-state index in [1.807, 2.05) is 0 Å². The fourth-order valence-corrected chi connectivity index (χ4v) is 4.33. The van der Waals surface area contributed by atoms with E-state index in [-0.39, 0.29) is 10.5 Å². The molecule has 0 amide bonds. The first-order valence-electron chi connectivity index (χ1n) is 6.97. The quantitative estimate of drug-likeness (QED) is 0.817. The van der Waals surface area contributed by atoms with Gasteiger partial charge in [0.15, 0.2) is 15.4 Å². The first-order chi connectivity index (χ1) is 11.1. The van der Waals surface area contributed by atoms with Gasteiger partial charge in [0.25, 0.3) is 0 Å². The van der Waals surface area contributed by atoms with Crippen LogP contribution in [-0.2, 0) is 21.6 Å². The number of aliphatic imine (C=N–C) groups is 2. The summed E-state index contributed by atoms with van der Waals surface area (Å²) in [5.74, 6) is 0.684. The molecule has 0 spiro atoms. The van der Waals surface area contributed by atoms with Gasteiger partial charge in [-0.05, 0) is 24.3 Å². The molecule has 1 unspecified atom stereocenters. The Kier molecular flexibility index (Phi) is 4.11. The number of hydrogen-bond acceptors (Lipinski definition) is 5. The number of allylic oxidation sites excluding steroid dienone is 1. The van der Waals surface area contributed by atoms with Gasteiger partial charge in [0.1, 0.15) is 5.04 Å². The fourth-order valence-electron chi connectivity index (χ4n) is 2.67. The summed E-state index contributed by atoms with van der Waals surface area (Å²) in [5.41, 5.74) is -2.45. The third-order valence-corrected chi connectivity index (χ3v) is 5.96. The second-order valence-corrected chi connectivity index (χ2v) is 8.52. The number of sulfone groups is 1. The van der Waals surface area contributed by atoms with Crippen molar-refractivity contribution in [3.8, 4) is 0 Å². The highest BCUT2D eigenvalue weighted by atomic mass is 32.2. The summed E-state index contributed by atoms with van der Waals surface area (Å²) in [7, 11) is -3.76. The molecule has 128 valence electrons. The minimum Gasteiger partial charge on any atom is -0.279 e. The molecule has 24 heavy (non-hydrogen) atoms. The molecular weight excluding hydrogens is 361 g/mol. The van der Waals surface area contributed by atoms with Crippen LogP contribution in [0.15, 0.2) is 45.2 Å². The maximum atomic E-state index is 13.6. The van der Waals surface area contributed by atoms with Crippen LogP contribution < -0.4 is 0 Å². The van der Waals surface area contributed by atoms with Gasteiger partial charge in [0.05, 0.1) is 10.5 Å². The molecule has 2 aliphatic heterocycles. The maximum absolute atomic E-state index is 13.6. The first-order valence-corrected chi connectivity index (χ1v) is 9.85. The number of thioether (sulfide) groups is 1. The van der Waals surface area contributed by atoms with Crippen molar-refractivity contribution in [1.29, 1.82) is 0 Å². The molecule has 1 aromatic rings. The molecule has 0 N–H and O–H groups in total. The van der Waals surface area contributed by atoms with Crippen molar-refractivity contribution < 1.29 is 21.6 Å². The molecule has 1 aromatic carbocycles. The lowest BCUT2D eigenvalue weighted by atomic mass is 9.87. The van der Waals surface area contributed by atoms with E-state index in [0.717, 1.165) is 6.26 Å². The molecule has 1 atom stereocenters. The van der Waals surface area contributed by atoms with E-state index in [1.165, 1.54) is 30.1 Å². The SMILES string of the molecule is CS(=O)(=O)c1ccc(C2(C3=NCCS3)C=CC=N2)c(C(F)(F)F)c1. The summed E-state index contributed by atoms with van der Waals surface area (Å²) in [6.45, 7) is 0.522. The Morgan fingerprint density at radius 3 is 2.54 bits per heavy atom. The van der Waals surface area contributed by atoms with E-state index in [2.05, 4.69) is 9.98 Å². The summed E-state index contributed by atoms with van der Waals surface area (Å²) >= 11 is 1.36. The van der Waals surface area contributed by atoms with Crippen LogP contribution in [0.3, 0.4) is 0 Å². The second-order valence-electron chi connectivity index (χ2n) is 5.42. The third-order valence-electron chi connectivity index (χ3n) is 3.75. The van der Waals surface area contributed by atoms with Crippen molar-refractivity contribution in [2.24, 2.45) is 9.98 Å². The highest BCUT2D eigenvalue weighted by Gasteiger charge is 2.45. The van der Waals surface area contributed by atoms with Crippen molar-refractivity contribution in [2.45, 2.75) is 16.6 Å². The van der Waals surface area contributed by atoms with E-state index >= 15 is 0 Å². The van der Waals surface area contributed by atoms with Crippen molar-refractivity contribution in [3.63, 3.8) is 0 Å². The standard InChI is InChI=1S/C15H13F3N2O2S2/c1-24(21,22)10-3-4-11(12(9-10)15(16,17)18)14(5-2-6-20-14)13-19-7-8-23-13/h2-6,9H,7-8H2,1H3. The minimum absolute atomic E-state index is 0.111. The molecule has 0 saturated heterocycles. The van der Waals surface area contributed by atoms with Crippen LogP contribution in [0.4, 0.5) is 13.2 Å². The molecule has 0 radical (unpaired) electrons. The highest BCUT2D eigenvalue weighted by Crippen LogP contribution is 2.44. The zero-order valence-corrected chi connectivity index (χ0v) is 14.2. The van der Waals surface area contributed by atoms with Crippen LogP contribution in [0, 0.1) is 0 Å². The van der Waals surface area contributed by atoms with Crippen LogP contribution in [0.1, 0.15) is 11.1 Å². The number of rotatable bonds is 3. The Morgan fingerprint density at radius 1 is 1.29 bits per heavy atom. The lowest BCUT2D eigenvalue weighted by Gasteiger charge is -2.28. The van der Waals surface area contributed by atoms with Gasteiger partial charge >= 0.3 is 6.18 Å². The molecule has 2 aliphatic rings.